The molecule has 0 unspecified atom stereocenters. The van der Waals surface area contributed by atoms with Crippen molar-refractivity contribution in [3.63, 3.8) is 0 Å². The number of nitrogens with zero attached hydrogens (tertiary/aromatic N) is 2. The first kappa shape index (κ1) is 16.0. The van der Waals surface area contributed by atoms with Crippen LogP contribution in [0.1, 0.15) is 13.8 Å². The molecular formula is C18H18N2OS2. The Hall–Kier alpha value is -1.85. The van der Waals surface area contributed by atoms with Crippen LogP contribution in [0.2, 0.25) is 0 Å². The summed E-state index contributed by atoms with van der Waals surface area (Å²) in [6.07, 6.45) is 0. The summed E-state index contributed by atoms with van der Waals surface area (Å²) >= 11 is 3.17. The van der Waals surface area contributed by atoms with Crippen LogP contribution < -0.4 is 4.90 Å². The van der Waals surface area contributed by atoms with Crippen LogP contribution in [0.5, 0.6) is 0 Å². The van der Waals surface area contributed by atoms with Gasteiger partial charge in [0.05, 0.1) is 15.5 Å². The van der Waals surface area contributed by atoms with E-state index in [2.05, 4.69) is 11.1 Å². The number of anilines is 1. The van der Waals surface area contributed by atoms with E-state index in [0.29, 0.717) is 6.54 Å². The average molecular weight is 342 g/mol. The van der Waals surface area contributed by atoms with E-state index >= 15 is 0 Å². The number of thioether (sulfide) groups is 1. The first-order valence-corrected chi connectivity index (χ1v) is 9.27. The number of amides is 1. The molecule has 5 heteroatoms. The fourth-order valence-corrected chi connectivity index (χ4v) is 4.67. The Labute approximate surface area is 144 Å². The SMILES string of the molecule is CCN(C(=O)[C@H](C)Sc1nc2ccccc2s1)c1ccccc1. The molecule has 3 rings (SSSR count). The minimum absolute atomic E-state index is 0.114. The highest BCUT2D eigenvalue weighted by atomic mass is 32.2. The molecule has 118 valence electrons. The van der Waals surface area contributed by atoms with E-state index in [-0.39, 0.29) is 11.2 Å². The molecule has 2 aromatic carbocycles. The summed E-state index contributed by atoms with van der Waals surface area (Å²) in [5, 5.41) is -0.171. The third-order valence-corrected chi connectivity index (χ3v) is 5.77. The Morgan fingerprint density at radius 1 is 1.17 bits per heavy atom. The van der Waals surface area contributed by atoms with Crippen molar-refractivity contribution in [2.45, 2.75) is 23.4 Å². The Bertz CT molecular complexity index is 768. The van der Waals surface area contributed by atoms with Crippen molar-refractivity contribution in [3.8, 4) is 0 Å². The summed E-state index contributed by atoms with van der Waals surface area (Å²) in [6.45, 7) is 4.61. The maximum Gasteiger partial charge on any atom is 0.240 e. The smallest absolute Gasteiger partial charge is 0.240 e. The fourth-order valence-electron chi connectivity index (χ4n) is 2.40. The second-order valence-corrected chi connectivity index (χ2v) is 7.74. The van der Waals surface area contributed by atoms with E-state index in [1.54, 1.807) is 11.3 Å². The predicted molar refractivity (Wildman–Crippen MR) is 99.4 cm³/mol. The van der Waals surface area contributed by atoms with Crippen molar-refractivity contribution in [2.75, 3.05) is 11.4 Å². The number of fused-ring (bicyclic) bond motifs is 1. The van der Waals surface area contributed by atoms with E-state index < -0.39 is 0 Å². The van der Waals surface area contributed by atoms with Gasteiger partial charge in [0, 0.05) is 12.2 Å². The predicted octanol–water partition coefficient (Wildman–Crippen LogP) is 4.83. The van der Waals surface area contributed by atoms with E-state index in [1.165, 1.54) is 11.8 Å². The molecule has 0 saturated heterocycles. The quantitative estimate of drug-likeness (QED) is 0.623. The van der Waals surface area contributed by atoms with Gasteiger partial charge in [-0.1, -0.05) is 42.1 Å². The van der Waals surface area contributed by atoms with Crippen LogP contribution in [0.3, 0.4) is 0 Å². The highest BCUT2D eigenvalue weighted by Gasteiger charge is 2.22. The lowest BCUT2D eigenvalue weighted by atomic mass is 10.2. The molecule has 0 bridgehead atoms. The number of carbonyl (C=O) groups excluding carboxylic acids is 1. The normalized spacial score (nSPS) is 12.3. The zero-order chi connectivity index (χ0) is 16.2. The van der Waals surface area contributed by atoms with Gasteiger partial charge in [0.2, 0.25) is 5.91 Å². The number of thiazole rings is 1. The van der Waals surface area contributed by atoms with Crippen molar-refractivity contribution in [1.29, 1.82) is 0 Å². The van der Waals surface area contributed by atoms with Gasteiger partial charge in [-0.05, 0) is 38.1 Å². The lowest BCUT2D eigenvalue weighted by molar-refractivity contribution is -0.117. The van der Waals surface area contributed by atoms with Crippen molar-refractivity contribution in [2.24, 2.45) is 0 Å². The molecule has 1 aromatic heterocycles. The second-order valence-electron chi connectivity index (χ2n) is 5.13. The molecule has 0 radical (unpaired) electrons. The highest BCUT2D eigenvalue weighted by molar-refractivity contribution is 8.02. The van der Waals surface area contributed by atoms with E-state index in [9.17, 15) is 4.79 Å². The average Bonchev–Trinajstić information content (AvgIpc) is 2.98. The van der Waals surface area contributed by atoms with Gasteiger partial charge < -0.3 is 4.90 Å². The van der Waals surface area contributed by atoms with Gasteiger partial charge >= 0.3 is 0 Å². The first-order valence-electron chi connectivity index (χ1n) is 7.57. The molecule has 1 heterocycles. The topological polar surface area (TPSA) is 33.2 Å². The number of rotatable bonds is 5. The zero-order valence-electron chi connectivity index (χ0n) is 13.1. The second kappa shape index (κ2) is 7.15. The van der Waals surface area contributed by atoms with Crippen LogP contribution in [-0.4, -0.2) is 22.7 Å². The molecule has 23 heavy (non-hydrogen) atoms. The Kier molecular flexibility index (Phi) is 4.98. The van der Waals surface area contributed by atoms with Gasteiger partial charge in [-0.2, -0.15) is 0 Å². The van der Waals surface area contributed by atoms with Crippen molar-refractivity contribution >= 4 is 44.9 Å². The number of aromatic nitrogens is 1. The summed E-state index contributed by atoms with van der Waals surface area (Å²) in [6, 6.07) is 17.9. The lowest BCUT2D eigenvalue weighted by Crippen LogP contribution is -2.36. The molecule has 0 aliphatic carbocycles. The molecule has 1 atom stereocenters. The molecule has 0 N–H and O–H groups in total. The maximum absolute atomic E-state index is 12.8. The molecule has 1 amide bonds. The Morgan fingerprint density at radius 3 is 2.57 bits per heavy atom. The number of benzene rings is 2. The maximum atomic E-state index is 12.8. The first-order chi connectivity index (χ1) is 11.2. The van der Waals surface area contributed by atoms with Gasteiger partial charge in [-0.3, -0.25) is 4.79 Å². The Balaban J connectivity index is 1.76. The number of hydrogen-bond donors (Lipinski definition) is 0. The number of hydrogen-bond acceptors (Lipinski definition) is 4. The Morgan fingerprint density at radius 2 is 1.87 bits per heavy atom. The van der Waals surface area contributed by atoms with E-state index in [0.717, 1.165) is 20.2 Å². The van der Waals surface area contributed by atoms with Crippen LogP contribution in [0.4, 0.5) is 5.69 Å². The van der Waals surface area contributed by atoms with Crippen molar-refractivity contribution < 1.29 is 4.79 Å². The number of para-hydroxylation sites is 2. The molecule has 0 spiro atoms. The van der Waals surface area contributed by atoms with Gasteiger partial charge in [0.1, 0.15) is 0 Å². The van der Waals surface area contributed by atoms with Crippen LogP contribution in [0.25, 0.3) is 10.2 Å². The van der Waals surface area contributed by atoms with E-state index in [1.807, 2.05) is 67.3 Å². The van der Waals surface area contributed by atoms with Crippen LogP contribution in [0, 0.1) is 0 Å². The minimum Gasteiger partial charge on any atom is -0.312 e. The summed E-state index contributed by atoms with van der Waals surface area (Å²) in [4.78, 5) is 19.2. The molecule has 3 aromatic rings. The summed E-state index contributed by atoms with van der Waals surface area (Å²) in [5.41, 5.74) is 1.94. The largest absolute Gasteiger partial charge is 0.312 e. The lowest BCUT2D eigenvalue weighted by Gasteiger charge is -2.23. The molecule has 0 fully saturated rings. The monoisotopic (exact) mass is 342 g/mol. The fraction of sp³-hybridized carbons (Fsp3) is 0.222. The van der Waals surface area contributed by atoms with Crippen molar-refractivity contribution in [3.05, 3.63) is 54.6 Å². The summed E-state index contributed by atoms with van der Waals surface area (Å²) in [5.74, 6) is 0.114. The minimum atomic E-state index is -0.171. The summed E-state index contributed by atoms with van der Waals surface area (Å²) in [7, 11) is 0. The zero-order valence-corrected chi connectivity index (χ0v) is 14.7. The molecule has 3 nitrogen and oxygen atoms in total. The third-order valence-electron chi connectivity index (χ3n) is 3.55. The number of carbonyl (C=O) groups is 1. The van der Waals surface area contributed by atoms with Gasteiger partial charge in [-0.25, -0.2) is 4.98 Å². The van der Waals surface area contributed by atoms with Crippen LogP contribution in [0.15, 0.2) is 58.9 Å². The molecule has 0 aliphatic heterocycles. The van der Waals surface area contributed by atoms with Crippen LogP contribution >= 0.6 is 23.1 Å². The van der Waals surface area contributed by atoms with Gasteiger partial charge in [0.15, 0.2) is 4.34 Å². The molecular weight excluding hydrogens is 324 g/mol. The summed E-state index contributed by atoms with van der Waals surface area (Å²) < 4.78 is 2.10. The van der Waals surface area contributed by atoms with Gasteiger partial charge in [-0.15, -0.1) is 11.3 Å². The molecule has 0 aliphatic rings. The van der Waals surface area contributed by atoms with Crippen molar-refractivity contribution in [1.82, 2.24) is 4.98 Å². The van der Waals surface area contributed by atoms with E-state index in [4.69, 9.17) is 0 Å². The third kappa shape index (κ3) is 3.57. The highest BCUT2D eigenvalue weighted by Crippen LogP contribution is 2.33. The van der Waals surface area contributed by atoms with Gasteiger partial charge in [0.25, 0.3) is 0 Å². The van der Waals surface area contributed by atoms with Crippen LogP contribution in [-0.2, 0) is 4.79 Å². The standard InChI is InChI=1S/C18H18N2OS2/c1-3-20(14-9-5-4-6-10-14)17(21)13(2)22-18-19-15-11-7-8-12-16(15)23-18/h4-13H,3H2,1-2H3/t13-/m0/s1. The molecule has 0 saturated carbocycles.